The minimum atomic E-state index is 0.244. The van der Waals surface area contributed by atoms with Gasteiger partial charge in [-0.05, 0) is 56.2 Å². The monoisotopic (exact) mass is 293 g/mol. The van der Waals surface area contributed by atoms with Crippen molar-refractivity contribution in [3.05, 3.63) is 47.2 Å². The molecular weight excluding hydrogens is 274 g/mol. The second-order valence-corrected chi connectivity index (χ2v) is 5.36. The normalized spacial score (nSPS) is 12.6. The van der Waals surface area contributed by atoms with E-state index in [9.17, 15) is 0 Å². The van der Waals surface area contributed by atoms with Crippen molar-refractivity contribution >= 4 is 11.6 Å². The summed E-state index contributed by atoms with van der Waals surface area (Å²) in [5.41, 5.74) is 1.02. The summed E-state index contributed by atoms with van der Waals surface area (Å²) < 4.78 is 5.81. The zero-order chi connectivity index (χ0) is 14.4. The van der Waals surface area contributed by atoms with Gasteiger partial charge in [0.25, 0.3) is 0 Å². The molecule has 108 valence electrons. The molecule has 1 aromatic carbocycles. The first kappa shape index (κ1) is 15.1. The van der Waals surface area contributed by atoms with Gasteiger partial charge in [-0.25, -0.2) is 0 Å². The quantitative estimate of drug-likeness (QED) is 0.815. The largest absolute Gasteiger partial charge is 0.460 e. The Morgan fingerprint density at radius 2 is 1.95 bits per heavy atom. The Morgan fingerprint density at radius 3 is 2.65 bits per heavy atom. The van der Waals surface area contributed by atoms with E-state index in [2.05, 4.69) is 12.2 Å². The van der Waals surface area contributed by atoms with Crippen molar-refractivity contribution in [3.8, 4) is 11.3 Å². The fourth-order valence-electron chi connectivity index (χ4n) is 2.02. The summed E-state index contributed by atoms with van der Waals surface area (Å²) in [7, 11) is 0. The number of aliphatic hydroxyl groups is 1. The van der Waals surface area contributed by atoms with Crippen LogP contribution in [0, 0.1) is 0 Å². The Kier molecular flexibility index (Phi) is 5.65. The molecule has 2 N–H and O–H groups in total. The number of hydrogen-bond acceptors (Lipinski definition) is 3. The van der Waals surface area contributed by atoms with Gasteiger partial charge in [-0.15, -0.1) is 0 Å². The molecule has 0 aliphatic carbocycles. The number of nitrogens with one attached hydrogen (secondary N) is 1. The summed E-state index contributed by atoms with van der Waals surface area (Å²) in [5.74, 6) is 1.76. The summed E-state index contributed by atoms with van der Waals surface area (Å²) in [4.78, 5) is 0. The van der Waals surface area contributed by atoms with Crippen LogP contribution in [0.5, 0.6) is 0 Å². The molecule has 2 rings (SSSR count). The van der Waals surface area contributed by atoms with Gasteiger partial charge >= 0.3 is 0 Å². The lowest BCUT2D eigenvalue weighted by atomic mass is 10.2. The van der Waals surface area contributed by atoms with Crippen molar-refractivity contribution in [2.75, 3.05) is 6.61 Å². The zero-order valence-corrected chi connectivity index (χ0v) is 12.4. The molecule has 0 aliphatic rings. The molecule has 1 atom stereocenters. The van der Waals surface area contributed by atoms with E-state index in [1.54, 1.807) is 0 Å². The average Bonchev–Trinajstić information content (AvgIpc) is 2.92. The highest BCUT2D eigenvalue weighted by Crippen LogP contribution is 2.23. The first-order valence-electron chi connectivity index (χ1n) is 6.88. The highest BCUT2D eigenvalue weighted by atomic mass is 35.5. The fraction of sp³-hybridized carbons (Fsp3) is 0.375. The number of rotatable bonds is 7. The van der Waals surface area contributed by atoms with E-state index in [1.165, 1.54) is 0 Å². The van der Waals surface area contributed by atoms with Gasteiger partial charge < -0.3 is 14.8 Å². The molecule has 0 saturated heterocycles. The standard InChI is InChI=1S/C16H20ClNO2/c1-12(3-2-10-19)18-11-15-8-9-16(20-15)13-4-6-14(17)7-5-13/h4-9,12,18-19H,2-3,10-11H2,1H3. The minimum absolute atomic E-state index is 0.244. The van der Waals surface area contributed by atoms with Crippen LogP contribution >= 0.6 is 11.6 Å². The van der Waals surface area contributed by atoms with Crippen LogP contribution in [-0.4, -0.2) is 17.8 Å². The average molecular weight is 294 g/mol. The van der Waals surface area contributed by atoms with Crippen molar-refractivity contribution < 1.29 is 9.52 Å². The molecule has 0 aliphatic heterocycles. The molecular formula is C16H20ClNO2. The van der Waals surface area contributed by atoms with Crippen LogP contribution < -0.4 is 5.32 Å². The maximum atomic E-state index is 8.79. The predicted molar refractivity (Wildman–Crippen MR) is 81.8 cm³/mol. The Balaban J connectivity index is 1.90. The molecule has 3 nitrogen and oxygen atoms in total. The molecule has 1 unspecified atom stereocenters. The molecule has 1 aromatic heterocycles. The molecule has 0 radical (unpaired) electrons. The van der Waals surface area contributed by atoms with Crippen LogP contribution in [0.3, 0.4) is 0 Å². The van der Waals surface area contributed by atoms with Gasteiger partial charge in [-0.1, -0.05) is 11.6 Å². The highest BCUT2D eigenvalue weighted by molar-refractivity contribution is 6.30. The highest BCUT2D eigenvalue weighted by Gasteiger charge is 2.06. The molecule has 0 spiro atoms. The van der Waals surface area contributed by atoms with Crippen molar-refractivity contribution in [1.82, 2.24) is 5.32 Å². The minimum Gasteiger partial charge on any atom is -0.460 e. The van der Waals surface area contributed by atoms with Crippen LogP contribution in [0.25, 0.3) is 11.3 Å². The lowest BCUT2D eigenvalue weighted by Crippen LogP contribution is -2.25. The lowest BCUT2D eigenvalue weighted by Gasteiger charge is -2.11. The van der Waals surface area contributed by atoms with E-state index in [1.807, 2.05) is 36.4 Å². The van der Waals surface area contributed by atoms with Gasteiger partial charge in [0.05, 0.1) is 6.54 Å². The first-order chi connectivity index (χ1) is 9.69. The topological polar surface area (TPSA) is 45.4 Å². The van der Waals surface area contributed by atoms with Gasteiger partial charge in [0.15, 0.2) is 0 Å². The van der Waals surface area contributed by atoms with Crippen LogP contribution in [0.4, 0.5) is 0 Å². The first-order valence-corrected chi connectivity index (χ1v) is 7.25. The number of aliphatic hydroxyl groups excluding tert-OH is 1. The molecule has 20 heavy (non-hydrogen) atoms. The number of furan rings is 1. The Bertz CT molecular complexity index is 522. The van der Waals surface area contributed by atoms with Crippen LogP contribution in [-0.2, 0) is 6.54 Å². The number of hydrogen-bond donors (Lipinski definition) is 2. The second kappa shape index (κ2) is 7.48. The third-order valence-corrected chi connectivity index (χ3v) is 3.46. The van der Waals surface area contributed by atoms with Gasteiger partial charge in [0.1, 0.15) is 11.5 Å². The van der Waals surface area contributed by atoms with Gasteiger partial charge in [-0.2, -0.15) is 0 Å². The summed E-state index contributed by atoms with van der Waals surface area (Å²) >= 11 is 5.87. The van der Waals surface area contributed by atoms with E-state index >= 15 is 0 Å². The van der Waals surface area contributed by atoms with Gasteiger partial charge in [0.2, 0.25) is 0 Å². The molecule has 4 heteroatoms. The predicted octanol–water partition coefficient (Wildman–Crippen LogP) is 3.85. The van der Waals surface area contributed by atoms with Crippen molar-refractivity contribution in [1.29, 1.82) is 0 Å². The lowest BCUT2D eigenvalue weighted by molar-refractivity contribution is 0.275. The second-order valence-electron chi connectivity index (χ2n) is 4.92. The van der Waals surface area contributed by atoms with E-state index in [0.29, 0.717) is 12.6 Å². The summed E-state index contributed by atoms with van der Waals surface area (Å²) in [6, 6.07) is 11.9. The van der Waals surface area contributed by atoms with Crippen molar-refractivity contribution in [2.45, 2.75) is 32.4 Å². The van der Waals surface area contributed by atoms with E-state index in [4.69, 9.17) is 21.1 Å². The third kappa shape index (κ3) is 4.37. The van der Waals surface area contributed by atoms with Crippen LogP contribution in [0.1, 0.15) is 25.5 Å². The maximum Gasteiger partial charge on any atom is 0.134 e. The third-order valence-electron chi connectivity index (χ3n) is 3.21. The molecule has 0 bridgehead atoms. The van der Waals surface area contributed by atoms with Crippen LogP contribution in [0.15, 0.2) is 40.8 Å². The molecule has 0 fully saturated rings. The molecule has 0 amide bonds. The smallest absolute Gasteiger partial charge is 0.134 e. The fourth-order valence-corrected chi connectivity index (χ4v) is 2.14. The zero-order valence-electron chi connectivity index (χ0n) is 11.6. The Labute approximate surface area is 124 Å². The van der Waals surface area contributed by atoms with Crippen molar-refractivity contribution in [3.63, 3.8) is 0 Å². The summed E-state index contributed by atoms with van der Waals surface area (Å²) in [6.07, 6.45) is 1.78. The van der Waals surface area contributed by atoms with Crippen molar-refractivity contribution in [2.24, 2.45) is 0 Å². The van der Waals surface area contributed by atoms with E-state index in [0.717, 1.165) is 34.9 Å². The van der Waals surface area contributed by atoms with E-state index in [-0.39, 0.29) is 6.61 Å². The van der Waals surface area contributed by atoms with Gasteiger partial charge in [-0.3, -0.25) is 0 Å². The molecule has 2 aromatic rings. The van der Waals surface area contributed by atoms with Gasteiger partial charge in [0, 0.05) is 23.2 Å². The Hall–Kier alpha value is -1.29. The number of benzene rings is 1. The molecule has 1 heterocycles. The number of halogens is 1. The molecule has 0 saturated carbocycles. The Morgan fingerprint density at radius 1 is 1.20 bits per heavy atom. The summed E-state index contributed by atoms with van der Waals surface area (Å²) in [5, 5.41) is 12.9. The SMILES string of the molecule is CC(CCCO)NCc1ccc(-c2ccc(Cl)cc2)o1. The van der Waals surface area contributed by atoms with E-state index < -0.39 is 0 Å². The van der Waals surface area contributed by atoms with Crippen LogP contribution in [0.2, 0.25) is 5.02 Å². The summed E-state index contributed by atoms with van der Waals surface area (Å²) in [6.45, 7) is 3.05. The maximum absolute atomic E-state index is 8.79.